The van der Waals surface area contributed by atoms with Crippen molar-refractivity contribution < 1.29 is 4.79 Å². The van der Waals surface area contributed by atoms with Gasteiger partial charge in [0.2, 0.25) is 0 Å². The van der Waals surface area contributed by atoms with E-state index in [2.05, 4.69) is 10.5 Å². The molecule has 5 heteroatoms. The summed E-state index contributed by atoms with van der Waals surface area (Å²) >= 11 is 7.37. The molecule has 0 bridgehead atoms. The number of hydrogen-bond acceptors (Lipinski definition) is 3. The number of hydrazone groups is 1. The van der Waals surface area contributed by atoms with Gasteiger partial charge in [0.1, 0.15) is 0 Å². The maximum atomic E-state index is 12.0. The summed E-state index contributed by atoms with van der Waals surface area (Å²) in [4.78, 5) is 14.0. The SMILES string of the molecule is O=C(N/N=C\c1ccc(Cl)cc1)c1cc2c(s1)CCC2. The Labute approximate surface area is 126 Å². The molecule has 1 heterocycles. The molecule has 3 rings (SSSR count). The molecule has 0 aliphatic heterocycles. The molecule has 3 nitrogen and oxygen atoms in total. The number of rotatable bonds is 3. The zero-order valence-electron chi connectivity index (χ0n) is 10.7. The normalized spacial score (nSPS) is 13.7. The van der Waals surface area contributed by atoms with Gasteiger partial charge in [-0.3, -0.25) is 4.79 Å². The number of amides is 1. The fraction of sp³-hybridized carbons (Fsp3) is 0.200. The van der Waals surface area contributed by atoms with Gasteiger partial charge in [-0.2, -0.15) is 5.10 Å². The highest BCUT2D eigenvalue weighted by atomic mass is 35.5. The van der Waals surface area contributed by atoms with E-state index in [1.807, 2.05) is 18.2 Å². The van der Waals surface area contributed by atoms with Crippen molar-refractivity contribution in [3.63, 3.8) is 0 Å². The molecule has 1 aliphatic carbocycles. The molecule has 1 aliphatic rings. The van der Waals surface area contributed by atoms with E-state index in [9.17, 15) is 4.79 Å². The fourth-order valence-corrected chi connectivity index (χ4v) is 3.48. The third-order valence-corrected chi connectivity index (χ3v) is 4.71. The maximum Gasteiger partial charge on any atom is 0.281 e. The lowest BCUT2D eigenvalue weighted by molar-refractivity contribution is 0.0959. The van der Waals surface area contributed by atoms with Crippen molar-refractivity contribution in [1.82, 2.24) is 5.43 Å². The van der Waals surface area contributed by atoms with Crippen molar-refractivity contribution in [2.24, 2.45) is 5.10 Å². The van der Waals surface area contributed by atoms with Crippen molar-refractivity contribution >= 4 is 35.1 Å². The Morgan fingerprint density at radius 3 is 2.85 bits per heavy atom. The molecule has 0 atom stereocenters. The molecule has 1 amide bonds. The number of hydrogen-bond donors (Lipinski definition) is 1. The largest absolute Gasteiger partial charge is 0.281 e. The minimum absolute atomic E-state index is 0.144. The summed E-state index contributed by atoms with van der Waals surface area (Å²) in [5.41, 5.74) is 4.77. The van der Waals surface area contributed by atoms with E-state index in [0.717, 1.165) is 23.3 Å². The lowest BCUT2D eigenvalue weighted by Crippen LogP contribution is -2.16. The monoisotopic (exact) mass is 304 g/mol. The van der Waals surface area contributed by atoms with Crippen LogP contribution < -0.4 is 5.43 Å². The molecule has 1 N–H and O–H groups in total. The second-order valence-corrected chi connectivity index (χ2v) is 6.24. The van der Waals surface area contributed by atoms with Gasteiger partial charge < -0.3 is 0 Å². The van der Waals surface area contributed by atoms with Crippen molar-refractivity contribution in [2.75, 3.05) is 0 Å². The van der Waals surface area contributed by atoms with Gasteiger partial charge >= 0.3 is 0 Å². The van der Waals surface area contributed by atoms with Crippen LogP contribution in [0.1, 0.15) is 32.1 Å². The van der Waals surface area contributed by atoms with E-state index < -0.39 is 0 Å². The average molecular weight is 305 g/mol. The number of carbonyl (C=O) groups is 1. The lowest BCUT2D eigenvalue weighted by Gasteiger charge is -1.97. The number of aryl methyl sites for hydroxylation is 2. The van der Waals surface area contributed by atoms with E-state index >= 15 is 0 Å². The number of carbonyl (C=O) groups excluding carboxylic acids is 1. The minimum Gasteiger partial charge on any atom is -0.266 e. The summed E-state index contributed by atoms with van der Waals surface area (Å²) in [5.74, 6) is -0.144. The summed E-state index contributed by atoms with van der Waals surface area (Å²) in [7, 11) is 0. The van der Waals surface area contributed by atoms with E-state index in [-0.39, 0.29) is 5.91 Å². The first kappa shape index (κ1) is 13.3. The number of nitrogens with zero attached hydrogens (tertiary/aromatic N) is 1. The lowest BCUT2D eigenvalue weighted by atomic mass is 10.2. The first-order valence-corrected chi connectivity index (χ1v) is 7.62. The van der Waals surface area contributed by atoms with E-state index in [1.54, 1.807) is 29.7 Å². The van der Waals surface area contributed by atoms with Gasteiger partial charge in [0.25, 0.3) is 5.91 Å². The maximum absolute atomic E-state index is 12.0. The predicted octanol–water partition coefficient (Wildman–Crippen LogP) is 3.65. The zero-order chi connectivity index (χ0) is 13.9. The van der Waals surface area contributed by atoms with Crippen LogP contribution in [-0.4, -0.2) is 12.1 Å². The third-order valence-electron chi connectivity index (χ3n) is 3.22. The highest BCUT2D eigenvalue weighted by Gasteiger charge is 2.17. The van der Waals surface area contributed by atoms with E-state index in [0.29, 0.717) is 5.02 Å². The Morgan fingerprint density at radius 2 is 2.10 bits per heavy atom. The van der Waals surface area contributed by atoms with Crippen LogP contribution in [0.2, 0.25) is 5.02 Å². The van der Waals surface area contributed by atoms with E-state index in [1.165, 1.54) is 16.9 Å². The van der Waals surface area contributed by atoms with Crippen molar-refractivity contribution in [1.29, 1.82) is 0 Å². The Kier molecular flexibility index (Phi) is 3.85. The average Bonchev–Trinajstić information content (AvgIpc) is 3.02. The molecule has 0 saturated heterocycles. The quantitative estimate of drug-likeness (QED) is 0.682. The Balaban J connectivity index is 1.62. The standard InChI is InChI=1S/C15H13ClN2OS/c16-12-6-4-10(5-7-12)9-17-18-15(19)14-8-11-2-1-3-13(11)20-14/h4-9H,1-3H2,(H,18,19)/b17-9-. The molecule has 1 aromatic heterocycles. The summed E-state index contributed by atoms with van der Waals surface area (Å²) in [5, 5.41) is 4.65. The number of nitrogens with one attached hydrogen (secondary N) is 1. The molecule has 102 valence electrons. The Bertz CT molecular complexity index is 640. The number of benzene rings is 1. The molecule has 20 heavy (non-hydrogen) atoms. The molecule has 0 unspecified atom stereocenters. The molecule has 0 fully saturated rings. The van der Waals surface area contributed by atoms with Gasteiger partial charge in [-0.1, -0.05) is 23.7 Å². The van der Waals surface area contributed by atoms with Crippen LogP contribution in [0.25, 0.3) is 0 Å². The summed E-state index contributed by atoms with van der Waals surface area (Å²) < 4.78 is 0. The first-order chi connectivity index (χ1) is 9.72. The predicted molar refractivity (Wildman–Crippen MR) is 82.9 cm³/mol. The first-order valence-electron chi connectivity index (χ1n) is 6.43. The number of thiophene rings is 1. The van der Waals surface area contributed by atoms with Gasteiger partial charge in [-0.25, -0.2) is 5.43 Å². The summed E-state index contributed by atoms with van der Waals surface area (Å²) in [6.07, 6.45) is 5.00. The third kappa shape index (κ3) is 2.92. The highest BCUT2D eigenvalue weighted by Crippen LogP contribution is 2.30. The van der Waals surface area contributed by atoms with Crippen LogP contribution in [0.5, 0.6) is 0 Å². The zero-order valence-corrected chi connectivity index (χ0v) is 12.3. The van der Waals surface area contributed by atoms with Crippen LogP contribution in [-0.2, 0) is 12.8 Å². The number of fused-ring (bicyclic) bond motifs is 1. The van der Waals surface area contributed by atoms with Gasteiger partial charge in [0, 0.05) is 9.90 Å². The topological polar surface area (TPSA) is 41.5 Å². The van der Waals surface area contributed by atoms with Crippen molar-refractivity contribution in [3.8, 4) is 0 Å². The molecule has 2 aromatic rings. The Morgan fingerprint density at radius 1 is 1.30 bits per heavy atom. The smallest absolute Gasteiger partial charge is 0.266 e. The van der Waals surface area contributed by atoms with E-state index in [4.69, 9.17) is 11.6 Å². The minimum atomic E-state index is -0.144. The molecule has 1 aromatic carbocycles. The van der Waals surface area contributed by atoms with Crippen LogP contribution in [0.15, 0.2) is 35.4 Å². The number of halogens is 1. The van der Waals surface area contributed by atoms with Crippen LogP contribution in [0, 0.1) is 0 Å². The van der Waals surface area contributed by atoms with Crippen molar-refractivity contribution in [3.05, 3.63) is 56.2 Å². The van der Waals surface area contributed by atoms with Gasteiger partial charge in [0.05, 0.1) is 11.1 Å². The Hall–Kier alpha value is -1.65. The molecule has 0 radical (unpaired) electrons. The second kappa shape index (κ2) is 5.77. The second-order valence-electron chi connectivity index (χ2n) is 4.66. The molecule has 0 saturated carbocycles. The highest BCUT2D eigenvalue weighted by molar-refractivity contribution is 7.14. The summed E-state index contributed by atoms with van der Waals surface area (Å²) in [6, 6.07) is 9.25. The van der Waals surface area contributed by atoms with Gasteiger partial charge in [0.15, 0.2) is 0 Å². The molecule has 0 spiro atoms. The molecular weight excluding hydrogens is 292 g/mol. The fourth-order valence-electron chi connectivity index (χ4n) is 2.21. The van der Waals surface area contributed by atoms with Crippen LogP contribution in [0.4, 0.5) is 0 Å². The molecular formula is C15H13ClN2OS. The van der Waals surface area contributed by atoms with Crippen molar-refractivity contribution in [2.45, 2.75) is 19.3 Å². The van der Waals surface area contributed by atoms with Gasteiger partial charge in [-0.15, -0.1) is 11.3 Å². The van der Waals surface area contributed by atoms with Gasteiger partial charge in [-0.05, 0) is 48.6 Å². The van der Waals surface area contributed by atoms with Crippen LogP contribution >= 0.6 is 22.9 Å². The van der Waals surface area contributed by atoms with Crippen LogP contribution in [0.3, 0.4) is 0 Å². The summed E-state index contributed by atoms with van der Waals surface area (Å²) in [6.45, 7) is 0.